The van der Waals surface area contributed by atoms with E-state index in [2.05, 4.69) is 4.98 Å². The molecule has 0 radical (unpaired) electrons. The van der Waals surface area contributed by atoms with E-state index in [0.717, 1.165) is 6.07 Å². The Kier molecular flexibility index (Phi) is 3.00. The third kappa shape index (κ3) is 1.93. The lowest BCUT2D eigenvalue weighted by Gasteiger charge is -1.99. The van der Waals surface area contributed by atoms with Crippen molar-refractivity contribution in [3.8, 4) is 0 Å². The summed E-state index contributed by atoms with van der Waals surface area (Å²) in [5.41, 5.74) is 0.341. The van der Waals surface area contributed by atoms with Gasteiger partial charge in [-0.05, 0) is 11.6 Å². The molecule has 0 saturated heterocycles. The first-order valence-electron chi connectivity index (χ1n) is 3.09. The van der Waals surface area contributed by atoms with E-state index in [1.807, 2.05) is 0 Å². The molecule has 0 bridgehead atoms. The van der Waals surface area contributed by atoms with Gasteiger partial charge in [0, 0.05) is 6.42 Å². The van der Waals surface area contributed by atoms with E-state index < -0.39 is 5.82 Å². The van der Waals surface area contributed by atoms with Crippen LogP contribution < -0.4 is 0 Å². The van der Waals surface area contributed by atoms with Gasteiger partial charge in [-0.25, -0.2) is 9.37 Å². The van der Waals surface area contributed by atoms with Crippen LogP contribution in [0.1, 0.15) is 5.56 Å². The second-order valence-electron chi connectivity index (χ2n) is 2.08. The molecule has 0 aliphatic rings. The maximum absolute atomic E-state index is 12.7. The summed E-state index contributed by atoms with van der Waals surface area (Å²) in [5.74, 6) is -0.669. The number of aldehydes is 1. The average molecular weight is 208 g/mol. The van der Waals surface area contributed by atoms with Gasteiger partial charge in [-0.2, -0.15) is 0 Å². The van der Waals surface area contributed by atoms with Crippen LogP contribution in [0.3, 0.4) is 0 Å². The van der Waals surface area contributed by atoms with Crippen LogP contribution in [-0.2, 0) is 11.2 Å². The van der Waals surface area contributed by atoms with Crippen molar-refractivity contribution in [2.24, 2.45) is 0 Å². The number of aromatic nitrogens is 1. The number of nitrogens with zero attached hydrogens (tertiary/aromatic N) is 1. The van der Waals surface area contributed by atoms with Gasteiger partial charge < -0.3 is 4.79 Å². The largest absolute Gasteiger partial charge is 0.303 e. The summed E-state index contributed by atoms with van der Waals surface area (Å²) in [7, 11) is 0. The summed E-state index contributed by atoms with van der Waals surface area (Å²) < 4.78 is 12.7. The van der Waals surface area contributed by atoms with Gasteiger partial charge in [0.1, 0.15) is 11.4 Å². The second kappa shape index (κ2) is 3.83. The van der Waals surface area contributed by atoms with Gasteiger partial charge in [0.05, 0.1) is 0 Å². The monoisotopic (exact) mass is 207 g/mol. The van der Waals surface area contributed by atoms with Crippen LogP contribution in [0.2, 0.25) is 10.3 Å². The van der Waals surface area contributed by atoms with Crippen LogP contribution in [-0.4, -0.2) is 11.3 Å². The van der Waals surface area contributed by atoms with Gasteiger partial charge in [0.25, 0.3) is 0 Å². The molecule has 0 saturated carbocycles. The molecule has 1 heterocycles. The average Bonchev–Trinajstić information content (AvgIpc) is 2.01. The van der Waals surface area contributed by atoms with E-state index in [0.29, 0.717) is 11.8 Å². The summed E-state index contributed by atoms with van der Waals surface area (Å²) >= 11 is 10.9. The van der Waals surface area contributed by atoms with Gasteiger partial charge >= 0.3 is 0 Å². The molecule has 0 aliphatic heterocycles. The van der Waals surface area contributed by atoms with Crippen molar-refractivity contribution in [1.29, 1.82) is 0 Å². The topological polar surface area (TPSA) is 30.0 Å². The summed E-state index contributed by atoms with van der Waals surface area (Å²) in [6.45, 7) is 0. The van der Waals surface area contributed by atoms with Gasteiger partial charge in [-0.1, -0.05) is 23.2 Å². The Balaban J connectivity index is 3.13. The predicted molar refractivity (Wildman–Crippen MR) is 44.0 cm³/mol. The van der Waals surface area contributed by atoms with E-state index in [-0.39, 0.29) is 16.7 Å². The van der Waals surface area contributed by atoms with Crippen molar-refractivity contribution in [2.75, 3.05) is 0 Å². The zero-order valence-corrected chi connectivity index (χ0v) is 7.36. The van der Waals surface area contributed by atoms with Gasteiger partial charge in [0.2, 0.25) is 0 Å². The lowest BCUT2D eigenvalue weighted by molar-refractivity contribution is -0.107. The smallest absolute Gasteiger partial charge is 0.166 e. The summed E-state index contributed by atoms with van der Waals surface area (Å²) in [5, 5.41) is -0.219. The number of carbonyl (C=O) groups excluding carboxylic acids is 1. The first-order valence-corrected chi connectivity index (χ1v) is 3.84. The molecule has 0 aromatic carbocycles. The van der Waals surface area contributed by atoms with Gasteiger partial charge in [0.15, 0.2) is 11.0 Å². The molecule has 0 atom stereocenters. The summed E-state index contributed by atoms with van der Waals surface area (Å²) in [4.78, 5) is 13.6. The van der Waals surface area contributed by atoms with Crippen LogP contribution >= 0.6 is 23.2 Å². The van der Waals surface area contributed by atoms with Crippen molar-refractivity contribution in [2.45, 2.75) is 6.42 Å². The first-order chi connectivity index (χ1) is 5.65. The standard InChI is InChI=1S/C7H4Cl2FNO/c8-6-4(1-2-12)3-5(10)7(9)11-6/h2-3H,1H2. The number of halogens is 3. The van der Waals surface area contributed by atoms with Crippen LogP contribution in [0.25, 0.3) is 0 Å². The maximum atomic E-state index is 12.7. The highest BCUT2D eigenvalue weighted by Crippen LogP contribution is 2.19. The molecule has 2 nitrogen and oxygen atoms in total. The molecule has 64 valence electrons. The number of hydrogen-bond acceptors (Lipinski definition) is 2. The van der Waals surface area contributed by atoms with Gasteiger partial charge in [-0.3, -0.25) is 0 Å². The normalized spacial score (nSPS) is 9.92. The minimum absolute atomic E-state index is 0.0416. The molecule has 0 spiro atoms. The molecule has 0 aliphatic carbocycles. The Morgan fingerprint density at radius 3 is 2.75 bits per heavy atom. The number of rotatable bonds is 2. The molecule has 0 fully saturated rings. The fourth-order valence-corrected chi connectivity index (χ4v) is 1.11. The van der Waals surface area contributed by atoms with Crippen LogP contribution in [0, 0.1) is 5.82 Å². The van der Waals surface area contributed by atoms with Crippen molar-refractivity contribution in [3.63, 3.8) is 0 Å². The molecule has 0 N–H and O–H groups in total. The number of pyridine rings is 1. The highest BCUT2D eigenvalue weighted by Gasteiger charge is 2.07. The number of hydrogen-bond donors (Lipinski definition) is 0. The molecular formula is C7H4Cl2FNO. The third-order valence-corrected chi connectivity index (χ3v) is 1.85. The molecule has 12 heavy (non-hydrogen) atoms. The minimum Gasteiger partial charge on any atom is -0.303 e. The molecular weight excluding hydrogens is 204 g/mol. The zero-order valence-electron chi connectivity index (χ0n) is 5.85. The fourth-order valence-electron chi connectivity index (χ4n) is 0.716. The van der Waals surface area contributed by atoms with E-state index in [1.165, 1.54) is 0 Å². The second-order valence-corrected chi connectivity index (χ2v) is 2.80. The SMILES string of the molecule is O=CCc1cc(F)c(Cl)nc1Cl. The van der Waals surface area contributed by atoms with E-state index in [4.69, 9.17) is 23.2 Å². The Morgan fingerprint density at radius 1 is 1.50 bits per heavy atom. The quantitative estimate of drug-likeness (QED) is 0.551. The highest BCUT2D eigenvalue weighted by atomic mass is 35.5. The van der Waals surface area contributed by atoms with Crippen molar-refractivity contribution in [3.05, 3.63) is 27.8 Å². The Bertz CT molecular complexity index is 317. The fraction of sp³-hybridized carbons (Fsp3) is 0.143. The lowest BCUT2D eigenvalue weighted by Crippen LogP contribution is -1.93. The molecule has 1 rings (SSSR count). The third-order valence-electron chi connectivity index (χ3n) is 1.26. The first kappa shape index (κ1) is 9.42. The molecule has 1 aromatic rings. The summed E-state index contributed by atoms with van der Waals surface area (Å²) in [6.07, 6.45) is 0.663. The lowest BCUT2D eigenvalue weighted by atomic mass is 10.2. The van der Waals surface area contributed by atoms with E-state index >= 15 is 0 Å². The highest BCUT2D eigenvalue weighted by molar-refractivity contribution is 6.33. The van der Waals surface area contributed by atoms with E-state index in [1.54, 1.807) is 0 Å². The maximum Gasteiger partial charge on any atom is 0.166 e. The minimum atomic E-state index is -0.669. The summed E-state index contributed by atoms with van der Waals surface area (Å²) in [6, 6.07) is 1.10. The zero-order chi connectivity index (χ0) is 9.14. The van der Waals surface area contributed by atoms with Crippen LogP contribution in [0.15, 0.2) is 6.07 Å². The van der Waals surface area contributed by atoms with Crippen molar-refractivity contribution < 1.29 is 9.18 Å². The van der Waals surface area contributed by atoms with Crippen LogP contribution in [0.5, 0.6) is 0 Å². The predicted octanol–water partition coefficient (Wildman–Crippen LogP) is 2.27. The van der Waals surface area contributed by atoms with Crippen molar-refractivity contribution >= 4 is 29.5 Å². The molecule has 5 heteroatoms. The molecule has 0 amide bonds. The Morgan fingerprint density at radius 2 is 2.17 bits per heavy atom. The van der Waals surface area contributed by atoms with E-state index in [9.17, 15) is 9.18 Å². The van der Waals surface area contributed by atoms with Crippen molar-refractivity contribution in [1.82, 2.24) is 4.98 Å². The van der Waals surface area contributed by atoms with Gasteiger partial charge in [-0.15, -0.1) is 0 Å². The van der Waals surface area contributed by atoms with Crippen LogP contribution in [0.4, 0.5) is 4.39 Å². The molecule has 0 unspecified atom stereocenters. The number of carbonyl (C=O) groups is 1. The Hall–Kier alpha value is -0.670. The Labute approximate surface area is 78.3 Å². The molecule has 1 aromatic heterocycles.